The van der Waals surface area contributed by atoms with Gasteiger partial charge in [-0.2, -0.15) is 0 Å². The van der Waals surface area contributed by atoms with Crippen molar-refractivity contribution < 1.29 is 14.3 Å². The fraction of sp³-hybridized carbons (Fsp3) is 0.364. The Labute approximate surface area is 98.2 Å². The van der Waals surface area contributed by atoms with Gasteiger partial charge in [0.2, 0.25) is 0 Å². The minimum absolute atomic E-state index is 0.0660. The summed E-state index contributed by atoms with van der Waals surface area (Å²) >= 11 is 5.48. The van der Waals surface area contributed by atoms with Crippen LogP contribution in [0.1, 0.15) is 23.2 Å². The fourth-order valence-corrected chi connectivity index (χ4v) is 1.39. The van der Waals surface area contributed by atoms with Gasteiger partial charge in [0.05, 0.1) is 5.56 Å². The maximum absolute atomic E-state index is 13.2. The van der Waals surface area contributed by atoms with Crippen molar-refractivity contribution in [2.45, 2.75) is 12.8 Å². The molecule has 1 aromatic rings. The molecule has 3 nitrogen and oxygen atoms in total. The van der Waals surface area contributed by atoms with Crippen LogP contribution in [0.15, 0.2) is 18.2 Å². The molecule has 88 valence electrons. The Morgan fingerprint density at radius 2 is 2.19 bits per heavy atom. The normalized spacial score (nSPS) is 10.1. The lowest BCUT2D eigenvalue weighted by molar-refractivity contribution is 0.0949. The molecule has 2 N–H and O–H groups in total. The minimum atomic E-state index is -0.727. The smallest absolute Gasteiger partial charge is 0.254 e. The second-order valence-corrected chi connectivity index (χ2v) is 3.69. The quantitative estimate of drug-likeness (QED) is 0.618. The van der Waals surface area contributed by atoms with Crippen molar-refractivity contribution in [2.24, 2.45) is 0 Å². The van der Waals surface area contributed by atoms with Crippen LogP contribution in [0, 0.1) is 5.82 Å². The molecular formula is C11H13ClFNO2. The van der Waals surface area contributed by atoms with Crippen LogP contribution >= 0.6 is 11.6 Å². The molecule has 0 aliphatic carbocycles. The lowest BCUT2D eigenvalue weighted by atomic mass is 10.2. The van der Waals surface area contributed by atoms with Gasteiger partial charge in [-0.05, 0) is 25.0 Å². The molecule has 0 saturated carbocycles. The molecule has 1 amide bonds. The Bertz CT molecular complexity index is 371. The predicted molar refractivity (Wildman–Crippen MR) is 60.4 cm³/mol. The highest BCUT2D eigenvalue weighted by molar-refractivity contribution is 6.17. The van der Waals surface area contributed by atoms with E-state index in [4.69, 9.17) is 16.7 Å². The average Bonchev–Trinajstić information content (AvgIpc) is 2.24. The Morgan fingerprint density at radius 1 is 1.44 bits per heavy atom. The number of unbranched alkanes of at least 4 members (excludes halogenated alkanes) is 1. The van der Waals surface area contributed by atoms with Crippen molar-refractivity contribution in [3.63, 3.8) is 0 Å². The largest absolute Gasteiger partial charge is 0.508 e. The first-order valence-corrected chi connectivity index (χ1v) is 5.51. The Morgan fingerprint density at radius 3 is 2.81 bits per heavy atom. The number of rotatable bonds is 5. The van der Waals surface area contributed by atoms with Crippen LogP contribution < -0.4 is 5.32 Å². The maximum atomic E-state index is 13.2. The third-order valence-corrected chi connectivity index (χ3v) is 2.31. The average molecular weight is 246 g/mol. The monoisotopic (exact) mass is 245 g/mol. The molecule has 0 fully saturated rings. The number of phenols is 1. The molecule has 0 spiro atoms. The van der Waals surface area contributed by atoms with E-state index in [-0.39, 0.29) is 11.3 Å². The summed E-state index contributed by atoms with van der Waals surface area (Å²) in [4.78, 5) is 11.5. The minimum Gasteiger partial charge on any atom is -0.508 e. The molecule has 0 aromatic heterocycles. The van der Waals surface area contributed by atoms with E-state index in [1.54, 1.807) is 0 Å². The van der Waals surface area contributed by atoms with E-state index < -0.39 is 11.7 Å². The van der Waals surface area contributed by atoms with E-state index in [2.05, 4.69) is 5.32 Å². The summed E-state index contributed by atoms with van der Waals surface area (Å²) in [6, 6.07) is 3.44. The summed E-state index contributed by atoms with van der Waals surface area (Å²) in [6.07, 6.45) is 1.56. The molecule has 5 heteroatoms. The van der Waals surface area contributed by atoms with E-state index >= 15 is 0 Å². The van der Waals surface area contributed by atoms with Crippen molar-refractivity contribution in [1.29, 1.82) is 0 Å². The van der Waals surface area contributed by atoms with Crippen LogP contribution in [0.2, 0.25) is 0 Å². The summed E-state index contributed by atoms with van der Waals surface area (Å²) in [5.74, 6) is -0.859. The number of hydrogen-bond acceptors (Lipinski definition) is 2. The molecule has 0 saturated heterocycles. The van der Waals surface area contributed by atoms with E-state index in [0.29, 0.717) is 12.4 Å². The zero-order valence-corrected chi connectivity index (χ0v) is 9.43. The number of amides is 1. The van der Waals surface area contributed by atoms with Gasteiger partial charge in [-0.25, -0.2) is 4.39 Å². The summed E-state index contributed by atoms with van der Waals surface area (Å²) in [7, 11) is 0. The number of alkyl halides is 1. The van der Waals surface area contributed by atoms with Gasteiger partial charge in [0, 0.05) is 18.5 Å². The zero-order valence-electron chi connectivity index (χ0n) is 8.67. The van der Waals surface area contributed by atoms with Crippen LogP contribution in [0.25, 0.3) is 0 Å². The predicted octanol–water partition coefficient (Wildman–Crippen LogP) is 2.28. The van der Waals surface area contributed by atoms with E-state index in [9.17, 15) is 9.18 Å². The Hall–Kier alpha value is -1.29. The third-order valence-electron chi connectivity index (χ3n) is 2.04. The summed E-state index contributed by atoms with van der Waals surface area (Å²) in [5.41, 5.74) is -0.0660. The lowest BCUT2D eigenvalue weighted by Gasteiger charge is -2.05. The molecule has 0 aliphatic heterocycles. The third kappa shape index (κ3) is 3.70. The van der Waals surface area contributed by atoms with E-state index in [0.717, 1.165) is 18.9 Å². The summed E-state index contributed by atoms with van der Waals surface area (Å²) in [5, 5.41) is 11.6. The fourth-order valence-electron chi connectivity index (χ4n) is 1.20. The van der Waals surface area contributed by atoms with Crippen LogP contribution in [-0.4, -0.2) is 23.4 Å². The van der Waals surface area contributed by atoms with E-state index in [1.807, 2.05) is 0 Å². The SMILES string of the molecule is O=C(NCCCCCl)c1ccc(O)cc1F. The summed E-state index contributed by atoms with van der Waals surface area (Å²) in [6.45, 7) is 0.464. The maximum Gasteiger partial charge on any atom is 0.254 e. The lowest BCUT2D eigenvalue weighted by Crippen LogP contribution is -2.25. The number of benzene rings is 1. The highest BCUT2D eigenvalue weighted by Gasteiger charge is 2.11. The Balaban J connectivity index is 2.53. The number of phenolic OH excluding ortho intramolecular Hbond substituents is 1. The second kappa shape index (κ2) is 6.33. The van der Waals surface area contributed by atoms with Gasteiger partial charge in [-0.1, -0.05) is 0 Å². The first-order valence-electron chi connectivity index (χ1n) is 4.98. The standard InChI is InChI=1S/C11H13ClFNO2/c12-5-1-2-6-14-11(16)9-4-3-8(15)7-10(9)13/h3-4,7,15H,1-2,5-6H2,(H,14,16). The van der Waals surface area contributed by atoms with Gasteiger partial charge < -0.3 is 10.4 Å². The van der Waals surface area contributed by atoms with Crippen LogP contribution in [0.4, 0.5) is 4.39 Å². The zero-order chi connectivity index (χ0) is 12.0. The molecule has 1 rings (SSSR count). The van der Waals surface area contributed by atoms with Gasteiger partial charge in [0.25, 0.3) is 5.91 Å². The highest BCUT2D eigenvalue weighted by atomic mass is 35.5. The number of carbonyl (C=O) groups is 1. The molecule has 0 bridgehead atoms. The number of halogens is 2. The number of aromatic hydroxyl groups is 1. The number of nitrogens with one attached hydrogen (secondary N) is 1. The van der Waals surface area contributed by atoms with Crippen molar-refractivity contribution >= 4 is 17.5 Å². The van der Waals surface area contributed by atoms with Crippen molar-refractivity contribution in [1.82, 2.24) is 5.32 Å². The van der Waals surface area contributed by atoms with Gasteiger partial charge in [-0.15, -0.1) is 11.6 Å². The molecule has 0 aliphatic rings. The molecule has 16 heavy (non-hydrogen) atoms. The first-order chi connectivity index (χ1) is 7.65. The van der Waals surface area contributed by atoms with Crippen LogP contribution in [0.3, 0.4) is 0 Å². The van der Waals surface area contributed by atoms with Gasteiger partial charge in [0.1, 0.15) is 11.6 Å². The molecule has 0 heterocycles. The number of carbonyl (C=O) groups excluding carboxylic acids is 1. The molecule has 0 atom stereocenters. The first kappa shape index (κ1) is 12.8. The van der Waals surface area contributed by atoms with Crippen molar-refractivity contribution in [3.8, 4) is 5.75 Å². The highest BCUT2D eigenvalue weighted by Crippen LogP contribution is 2.14. The van der Waals surface area contributed by atoms with Crippen LogP contribution in [-0.2, 0) is 0 Å². The molecular weight excluding hydrogens is 233 g/mol. The van der Waals surface area contributed by atoms with Crippen LogP contribution in [0.5, 0.6) is 5.75 Å². The van der Waals surface area contributed by atoms with E-state index in [1.165, 1.54) is 12.1 Å². The van der Waals surface area contributed by atoms with Gasteiger partial charge in [-0.3, -0.25) is 4.79 Å². The number of hydrogen-bond donors (Lipinski definition) is 2. The van der Waals surface area contributed by atoms with Gasteiger partial charge in [0.15, 0.2) is 0 Å². The van der Waals surface area contributed by atoms with Crippen molar-refractivity contribution in [3.05, 3.63) is 29.6 Å². The van der Waals surface area contributed by atoms with Gasteiger partial charge >= 0.3 is 0 Å². The molecule has 0 radical (unpaired) electrons. The van der Waals surface area contributed by atoms with Crippen molar-refractivity contribution in [2.75, 3.05) is 12.4 Å². The Kier molecular flexibility index (Phi) is 5.05. The molecule has 1 aromatic carbocycles. The topological polar surface area (TPSA) is 49.3 Å². The summed E-state index contributed by atoms with van der Waals surface area (Å²) < 4.78 is 13.2. The second-order valence-electron chi connectivity index (χ2n) is 3.32. The molecule has 0 unspecified atom stereocenters.